The maximum absolute atomic E-state index is 12.9. The molecule has 0 bridgehead atoms. The number of benzene rings is 2. The van der Waals surface area contributed by atoms with Crippen molar-refractivity contribution in [2.75, 3.05) is 36.4 Å². The first-order valence-electron chi connectivity index (χ1n) is 10.0. The second kappa shape index (κ2) is 8.82. The lowest BCUT2D eigenvalue weighted by Crippen LogP contribution is -2.49. The second-order valence-corrected chi connectivity index (χ2v) is 9.87. The molecule has 1 saturated heterocycles. The minimum Gasteiger partial charge on any atom is -0.354 e. The van der Waals surface area contributed by atoms with Gasteiger partial charge >= 0.3 is 0 Å². The normalized spacial score (nSPS) is 15.1. The molecule has 0 radical (unpaired) electrons. The molecule has 7 nitrogen and oxygen atoms in total. The zero-order valence-electron chi connectivity index (χ0n) is 17.4. The first kappa shape index (κ1) is 21.5. The Kier molecular flexibility index (Phi) is 6.13. The molecule has 0 unspecified atom stereocenters. The molecule has 0 spiro atoms. The molecule has 1 N–H and O–H groups in total. The van der Waals surface area contributed by atoms with Crippen LogP contribution in [0.15, 0.2) is 59.5 Å². The number of halogens is 1. The summed E-state index contributed by atoms with van der Waals surface area (Å²) in [5, 5.41) is 3.83. The Morgan fingerprint density at radius 1 is 0.903 bits per heavy atom. The van der Waals surface area contributed by atoms with Gasteiger partial charge in [0.1, 0.15) is 17.5 Å². The molecule has 1 aromatic heterocycles. The van der Waals surface area contributed by atoms with Crippen LogP contribution in [0, 0.1) is 13.8 Å². The van der Waals surface area contributed by atoms with Gasteiger partial charge in [-0.1, -0.05) is 29.3 Å². The van der Waals surface area contributed by atoms with E-state index in [2.05, 4.69) is 20.2 Å². The predicted octanol–water partition coefficient (Wildman–Crippen LogP) is 4.00. The van der Waals surface area contributed by atoms with Crippen molar-refractivity contribution in [2.45, 2.75) is 18.7 Å². The van der Waals surface area contributed by atoms with Gasteiger partial charge in [-0.2, -0.15) is 4.31 Å². The van der Waals surface area contributed by atoms with Crippen LogP contribution in [0.25, 0.3) is 0 Å². The lowest BCUT2D eigenvalue weighted by atomic mass is 10.2. The summed E-state index contributed by atoms with van der Waals surface area (Å²) in [5.41, 5.74) is 2.14. The fourth-order valence-electron chi connectivity index (χ4n) is 3.48. The zero-order valence-corrected chi connectivity index (χ0v) is 19.0. The van der Waals surface area contributed by atoms with Crippen LogP contribution >= 0.6 is 11.6 Å². The van der Waals surface area contributed by atoms with Crippen molar-refractivity contribution in [1.29, 1.82) is 0 Å². The Morgan fingerprint density at radius 2 is 1.55 bits per heavy atom. The predicted molar refractivity (Wildman–Crippen MR) is 124 cm³/mol. The smallest absolute Gasteiger partial charge is 0.243 e. The van der Waals surface area contributed by atoms with E-state index in [1.165, 1.54) is 9.87 Å². The fourth-order valence-corrected chi connectivity index (χ4v) is 5.02. The highest BCUT2D eigenvalue weighted by molar-refractivity contribution is 7.89. The number of rotatable bonds is 5. The van der Waals surface area contributed by atoms with Gasteiger partial charge in [-0.15, -0.1) is 0 Å². The van der Waals surface area contributed by atoms with E-state index in [9.17, 15) is 8.42 Å². The monoisotopic (exact) mass is 457 g/mol. The third-order valence-electron chi connectivity index (χ3n) is 5.16. The third-order valence-corrected chi connectivity index (χ3v) is 7.33. The van der Waals surface area contributed by atoms with E-state index in [0.717, 1.165) is 11.5 Å². The molecule has 0 amide bonds. The van der Waals surface area contributed by atoms with Crippen molar-refractivity contribution < 1.29 is 8.42 Å². The summed E-state index contributed by atoms with van der Waals surface area (Å²) in [6.07, 6.45) is 0. The summed E-state index contributed by atoms with van der Waals surface area (Å²) in [5.74, 6) is 2.15. The van der Waals surface area contributed by atoms with E-state index < -0.39 is 10.0 Å². The Morgan fingerprint density at radius 3 is 2.19 bits per heavy atom. The molecule has 1 fully saturated rings. The van der Waals surface area contributed by atoms with Gasteiger partial charge in [0.25, 0.3) is 0 Å². The number of hydrogen-bond donors (Lipinski definition) is 1. The van der Waals surface area contributed by atoms with E-state index in [-0.39, 0.29) is 4.90 Å². The van der Waals surface area contributed by atoms with Crippen LogP contribution in [-0.4, -0.2) is 48.9 Å². The molecular formula is C22H24ClN5O2S. The Bertz CT molecular complexity index is 1160. The van der Waals surface area contributed by atoms with Crippen LogP contribution in [0.3, 0.4) is 0 Å². The molecule has 1 aliphatic heterocycles. The van der Waals surface area contributed by atoms with E-state index in [1.807, 2.05) is 44.2 Å². The maximum atomic E-state index is 12.9. The number of anilines is 3. The molecule has 3 aromatic rings. The fraction of sp³-hybridized carbons (Fsp3) is 0.273. The van der Waals surface area contributed by atoms with Gasteiger partial charge in [0.2, 0.25) is 10.0 Å². The molecule has 1 aliphatic rings. The molecule has 0 atom stereocenters. The molecule has 0 saturated carbocycles. The Hall–Kier alpha value is -2.68. The van der Waals surface area contributed by atoms with Crippen molar-refractivity contribution in [2.24, 2.45) is 0 Å². The minimum atomic E-state index is -3.54. The molecule has 9 heteroatoms. The number of nitrogens with one attached hydrogen (secondary N) is 1. The number of hydrogen-bond acceptors (Lipinski definition) is 6. The Balaban J connectivity index is 1.46. The first-order valence-corrected chi connectivity index (χ1v) is 11.8. The molecule has 162 valence electrons. The number of sulfonamides is 1. The third kappa shape index (κ3) is 4.98. The van der Waals surface area contributed by atoms with Gasteiger partial charge in [0, 0.05) is 43.0 Å². The Labute approximate surface area is 187 Å². The number of aryl methyl sites for hydroxylation is 2. The molecule has 2 heterocycles. The van der Waals surface area contributed by atoms with Crippen LogP contribution in [0.1, 0.15) is 11.4 Å². The van der Waals surface area contributed by atoms with E-state index in [1.54, 1.807) is 24.3 Å². The van der Waals surface area contributed by atoms with Gasteiger partial charge in [0.05, 0.1) is 4.90 Å². The van der Waals surface area contributed by atoms with Crippen molar-refractivity contribution >= 4 is 38.9 Å². The topological polar surface area (TPSA) is 78.4 Å². The molecular weight excluding hydrogens is 434 g/mol. The second-order valence-electron chi connectivity index (χ2n) is 7.49. The molecule has 2 aromatic carbocycles. The lowest BCUT2D eigenvalue weighted by Gasteiger charge is -2.34. The van der Waals surface area contributed by atoms with Gasteiger partial charge in [-0.3, -0.25) is 0 Å². The van der Waals surface area contributed by atoms with Gasteiger partial charge in [0.15, 0.2) is 0 Å². The zero-order chi connectivity index (χ0) is 22.0. The molecule has 31 heavy (non-hydrogen) atoms. The van der Waals surface area contributed by atoms with Crippen molar-refractivity contribution in [3.8, 4) is 0 Å². The maximum Gasteiger partial charge on any atom is 0.243 e. The average molecular weight is 458 g/mol. The van der Waals surface area contributed by atoms with Gasteiger partial charge in [-0.05, 0) is 50.2 Å². The molecule has 0 aliphatic carbocycles. The van der Waals surface area contributed by atoms with E-state index in [4.69, 9.17) is 11.6 Å². The van der Waals surface area contributed by atoms with Crippen molar-refractivity contribution in [3.05, 3.63) is 71.0 Å². The summed E-state index contributed by atoms with van der Waals surface area (Å²) in [6, 6.07) is 16.3. The van der Waals surface area contributed by atoms with E-state index in [0.29, 0.717) is 42.8 Å². The quantitative estimate of drug-likeness (QED) is 0.623. The van der Waals surface area contributed by atoms with Crippen LogP contribution in [0.4, 0.5) is 17.3 Å². The van der Waals surface area contributed by atoms with Crippen LogP contribution in [-0.2, 0) is 10.0 Å². The summed E-state index contributed by atoms with van der Waals surface area (Å²) < 4.78 is 27.3. The highest BCUT2D eigenvalue weighted by atomic mass is 35.5. The van der Waals surface area contributed by atoms with Crippen LogP contribution in [0.5, 0.6) is 0 Å². The average Bonchev–Trinajstić information content (AvgIpc) is 2.75. The standard InChI is InChI=1S/C22H24ClN5O2S/c1-16-3-7-19(8-4-16)26-21-15-22(25-17(2)24-21)27-11-13-28(14-12-27)31(29,30)20-9-5-18(23)6-10-20/h3-10,15H,11-14H2,1-2H3,(H,24,25,26). The SMILES string of the molecule is Cc1ccc(Nc2cc(N3CCN(S(=O)(=O)c4ccc(Cl)cc4)CC3)nc(C)n2)cc1. The van der Waals surface area contributed by atoms with Crippen LogP contribution < -0.4 is 10.2 Å². The van der Waals surface area contributed by atoms with Crippen molar-refractivity contribution in [3.63, 3.8) is 0 Å². The highest BCUT2D eigenvalue weighted by Crippen LogP contribution is 2.24. The first-order chi connectivity index (χ1) is 14.8. The summed E-state index contributed by atoms with van der Waals surface area (Å²) in [4.78, 5) is 11.4. The van der Waals surface area contributed by atoms with Crippen molar-refractivity contribution in [1.82, 2.24) is 14.3 Å². The van der Waals surface area contributed by atoms with Crippen LogP contribution in [0.2, 0.25) is 5.02 Å². The number of aromatic nitrogens is 2. The number of nitrogens with zero attached hydrogens (tertiary/aromatic N) is 4. The summed E-state index contributed by atoms with van der Waals surface area (Å²) in [7, 11) is -3.54. The van der Waals surface area contributed by atoms with Gasteiger partial charge in [-0.25, -0.2) is 18.4 Å². The lowest BCUT2D eigenvalue weighted by molar-refractivity contribution is 0.383. The highest BCUT2D eigenvalue weighted by Gasteiger charge is 2.29. The van der Waals surface area contributed by atoms with E-state index >= 15 is 0 Å². The summed E-state index contributed by atoms with van der Waals surface area (Å²) in [6.45, 7) is 5.76. The largest absolute Gasteiger partial charge is 0.354 e. The minimum absolute atomic E-state index is 0.257. The van der Waals surface area contributed by atoms with Gasteiger partial charge < -0.3 is 10.2 Å². The number of piperazine rings is 1. The summed E-state index contributed by atoms with van der Waals surface area (Å²) >= 11 is 5.89. The molecule has 4 rings (SSSR count).